The normalized spacial score (nSPS) is 16.8. The third kappa shape index (κ3) is 7.08. The third-order valence-corrected chi connectivity index (χ3v) is 4.42. The Hall–Kier alpha value is -1.70. The van der Waals surface area contributed by atoms with E-state index in [1.165, 1.54) is 0 Å². The number of ether oxygens (including phenoxy) is 1. The van der Waals surface area contributed by atoms with Gasteiger partial charge in [-0.15, -0.1) is 24.8 Å². The highest BCUT2D eigenvalue weighted by molar-refractivity contribution is 5.87. The summed E-state index contributed by atoms with van der Waals surface area (Å²) in [6, 6.07) is 7.29. The Kier molecular flexibility index (Phi) is 11.1. The second-order valence-electron chi connectivity index (χ2n) is 6.66. The van der Waals surface area contributed by atoms with E-state index in [4.69, 9.17) is 10.5 Å². The fourth-order valence-electron chi connectivity index (χ4n) is 2.85. The molecule has 7 nitrogen and oxygen atoms in total. The highest BCUT2D eigenvalue weighted by Gasteiger charge is 2.26. The standard InChI is InChI=1S/C18H28N4O3.2ClH/c1-12(2)17(19)18(24)20-10-16(23)21-13-8-9-22(11-13)14-6-4-5-7-15(14)25-3;;/h4-7,12-13,17H,8-11,19H2,1-3H3,(H,20,24)(H,21,23);2*1H/t13?,17-;;/m0../s1. The first-order chi connectivity index (χ1) is 11.9. The van der Waals surface area contributed by atoms with E-state index in [0.29, 0.717) is 6.54 Å². The molecule has 1 saturated heterocycles. The zero-order chi connectivity index (χ0) is 18.4. The molecule has 0 radical (unpaired) electrons. The van der Waals surface area contributed by atoms with Crippen LogP contribution in [0.2, 0.25) is 0 Å². The molecule has 2 rings (SSSR count). The lowest BCUT2D eigenvalue weighted by Crippen LogP contribution is -2.48. The third-order valence-electron chi connectivity index (χ3n) is 4.42. The van der Waals surface area contributed by atoms with Crippen LogP contribution in [0.1, 0.15) is 20.3 Å². The van der Waals surface area contributed by atoms with E-state index in [1.54, 1.807) is 7.11 Å². The number of benzene rings is 1. The number of anilines is 1. The number of hydrogen-bond acceptors (Lipinski definition) is 5. The number of para-hydroxylation sites is 2. The smallest absolute Gasteiger partial charge is 0.239 e. The van der Waals surface area contributed by atoms with Crippen molar-refractivity contribution in [2.75, 3.05) is 31.6 Å². The van der Waals surface area contributed by atoms with Gasteiger partial charge in [0.05, 0.1) is 25.4 Å². The van der Waals surface area contributed by atoms with E-state index in [0.717, 1.165) is 24.4 Å². The molecule has 154 valence electrons. The first-order valence-electron chi connectivity index (χ1n) is 8.63. The summed E-state index contributed by atoms with van der Waals surface area (Å²) >= 11 is 0. The average molecular weight is 421 g/mol. The molecule has 1 aromatic rings. The lowest BCUT2D eigenvalue weighted by atomic mass is 10.1. The quantitative estimate of drug-likeness (QED) is 0.618. The Morgan fingerprint density at radius 1 is 1.30 bits per heavy atom. The maximum absolute atomic E-state index is 12.1. The van der Waals surface area contributed by atoms with Gasteiger partial charge in [0.2, 0.25) is 11.8 Å². The second-order valence-corrected chi connectivity index (χ2v) is 6.66. The summed E-state index contributed by atoms with van der Waals surface area (Å²) in [4.78, 5) is 26.0. The molecule has 0 aliphatic carbocycles. The predicted octanol–water partition coefficient (Wildman–Crippen LogP) is 1.33. The van der Waals surface area contributed by atoms with Crippen molar-refractivity contribution in [1.29, 1.82) is 0 Å². The number of rotatable bonds is 7. The Morgan fingerprint density at radius 3 is 2.59 bits per heavy atom. The number of hydrogen-bond donors (Lipinski definition) is 3. The highest BCUT2D eigenvalue weighted by atomic mass is 35.5. The summed E-state index contributed by atoms with van der Waals surface area (Å²) < 4.78 is 5.39. The second kappa shape index (κ2) is 11.9. The number of nitrogens with two attached hydrogens (primary N) is 1. The maximum Gasteiger partial charge on any atom is 0.239 e. The molecule has 0 spiro atoms. The molecule has 1 aliphatic heterocycles. The maximum atomic E-state index is 12.1. The van der Waals surface area contributed by atoms with E-state index in [1.807, 2.05) is 38.1 Å². The number of methoxy groups -OCH3 is 1. The zero-order valence-corrected chi connectivity index (χ0v) is 17.6. The zero-order valence-electron chi connectivity index (χ0n) is 15.9. The van der Waals surface area contributed by atoms with E-state index < -0.39 is 6.04 Å². The van der Waals surface area contributed by atoms with Crippen molar-refractivity contribution in [3.63, 3.8) is 0 Å². The van der Waals surface area contributed by atoms with Gasteiger partial charge in [-0.1, -0.05) is 26.0 Å². The van der Waals surface area contributed by atoms with Gasteiger partial charge in [-0.3, -0.25) is 9.59 Å². The van der Waals surface area contributed by atoms with Crippen molar-refractivity contribution in [2.45, 2.75) is 32.4 Å². The van der Waals surface area contributed by atoms with Crippen molar-refractivity contribution in [3.05, 3.63) is 24.3 Å². The Labute approximate surface area is 173 Å². The summed E-state index contributed by atoms with van der Waals surface area (Å²) in [5, 5.41) is 5.55. The summed E-state index contributed by atoms with van der Waals surface area (Å²) in [6.45, 7) is 5.25. The number of carbonyl (C=O) groups is 2. The number of amides is 2. The van der Waals surface area contributed by atoms with E-state index in [2.05, 4.69) is 15.5 Å². The molecule has 0 bridgehead atoms. The monoisotopic (exact) mass is 420 g/mol. The van der Waals surface area contributed by atoms with Crippen LogP contribution >= 0.6 is 24.8 Å². The van der Waals surface area contributed by atoms with Gasteiger partial charge in [0.25, 0.3) is 0 Å². The average Bonchev–Trinajstić information content (AvgIpc) is 3.06. The minimum Gasteiger partial charge on any atom is -0.495 e. The molecular formula is C18H30Cl2N4O3. The van der Waals surface area contributed by atoms with Crippen molar-refractivity contribution in [3.8, 4) is 5.75 Å². The summed E-state index contributed by atoms with van der Waals surface area (Å²) in [5.41, 5.74) is 6.78. The van der Waals surface area contributed by atoms with Crippen molar-refractivity contribution < 1.29 is 14.3 Å². The highest BCUT2D eigenvalue weighted by Crippen LogP contribution is 2.30. The van der Waals surface area contributed by atoms with Crippen LogP contribution in [0.4, 0.5) is 5.69 Å². The lowest BCUT2D eigenvalue weighted by molar-refractivity contribution is -0.127. The van der Waals surface area contributed by atoms with Crippen LogP contribution in [0.25, 0.3) is 0 Å². The molecule has 0 aromatic heterocycles. The van der Waals surface area contributed by atoms with Crippen LogP contribution in [-0.4, -0.2) is 50.6 Å². The van der Waals surface area contributed by atoms with Gasteiger partial charge in [-0.25, -0.2) is 0 Å². The van der Waals surface area contributed by atoms with Crippen LogP contribution < -0.4 is 26.0 Å². The topological polar surface area (TPSA) is 96.7 Å². The first kappa shape index (κ1) is 25.3. The minimum atomic E-state index is -0.597. The number of nitrogens with zero attached hydrogens (tertiary/aromatic N) is 1. The molecule has 27 heavy (non-hydrogen) atoms. The molecule has 2 atom stereocenters. The fraction of sp³-hybridized carbons (Fsp3) is 0.556. The molecular weight excluding hydrogens is 391 g/mol. The molecule has 0 saturated carbocycles. The van der Waals surface area contributed by atoms with E-state index in [9.17, 15) is 9.59 Å². The van der Waals surface area contributed by atoms with Gasteiger partial charge in [0.1, 0.15) is 5.75 Å². The first-order valence-corrected chi connectivity index (χ1v) is 8.63. The van der Waals surface area contributed by atoms with Crippen LogP contribution in [0.3, 0.4) is 0 Å². The largest absolute Gasteiger partial charge is 0.495 e. The van der Waals surface area contributed by atoms with Gasteiger partial charge in [0, 0.05) is 19.1 Å². The molecule has 2 amide bonds. The minimum absolute atomic E-state index is 0. The summed E-state index contributed by atoms with van der Waals surface area (Å²) in [5.74, 6) is 0.361. The molecule has 1 unspecified atom stereocenters. The van der Waals surface area contributed by atoms with Gasteiger partial charge >= 0.3 is 0 Å². The van der Waals surface area contributed by atoms with Crippen LogP contribution in [0, 0.1) is 5.92 Å². The molecule has 1 aromatic carbocycles. The van der Waals surface area contributed by atoms with Crippen molar-refractivity contribution in [1.82, 2.24) is 10.6 Å². The summed E-state index contributed by atoms with van der Waals surface area (Å²) in [6.07, 6.45) is 0.850. The van der Waals surface area contributed by atoms with E-state index in [-0.39, 0.29) is 55.1 Å². The lowest BCUT2D eigenvalue weighted by Gasteiger charge is -2.21. The Morgan fingerprint density at radius 2 is 1.96 bits per heavy atom. The van der Waals surface area contributed by atoms with Gasteiger partial charge in [-0.05, 0) is 24.5 Å². The molecule has 1 aliphatic rings. The van der Waals surface area contributed by atoms with Crippen molar-refractivity contribution >= 4 is 42.3 Å². The number of nitrogens with one attached hydrogen (secondary N) is 2. The van der Waals surface area contributed by atoms with Gasteiger partial charge in [0.15, 0.2) is 0 Å². The Bertz CT molecular complexity index is 616. The predicted molar refractivity (Wildman–Crippen MR) is 112 cm³/mol. The summed E-state index contributed by atoms with van der Waals surface area (Å²) in [7, 11) is 1.65. The molecule has 1 heterocycles. The van der Waals surface area contributed by atoms with Crippen LogP contribution in [-0.2, 0) is 9.59 Å². The molecule has 4 N–H and O–H groups in total. The van der Waals surface area contributed by atoms with Crippen molar-refractivity contribution in [2.24, 2.45) is 11.7 Å². The van der Waals surface area contributed by atoms with E-state index >= 15 is 0 Å². The van der Waals surface area contributed by atoms with Gasteiger partial charge in [-0.2, -0.15) is 0 Å². The van der Waals surface area contributed by atoms with Crippen LogP contribution in [0.5, 0.6) is 5.75 Å². The number of carbonyl (C=O) groups excluding carboxylic acids is 2. The SMILES string of the molecule is COc1ccccc1N1CCC(NC(=O)CNC(=O)[C@@H](N)C(C)C)C1.Cl.Cl. The molecule has 1 fully saturated rings. The fourth-order valence-corrected chi connectivity index (χ4v) is 2.85. The Balaban J connectivity index is 0.00000338. The molecule has 9 heteroatoms. The van der Waals surface area contributed by atoms with Gasteiger partial charge < -0.3 is 26.0 Å². The van der Waals surface area contributed by atoms with Crippen LogP contribution in [0.15, 0.2) is 24.3 Å². The number of halogens is 2.